The molecule has 31 heavy (non-hydrogen) atoms. The number of nitro benzene ring substituents is 1. The SMILES string of the molecule is CCNC(=O)[C@H](CC)N(Cc1ccccc1Cl)C(=O)CSCc1ccc([N+](=O)[O-])cc1. The van der Waals surface area contributed by atoms with Crippen LogP contribution >= 0.6 is 23.4 Å². The molecule has 2 rings (SSSR count). The first-order valence-electron chi connectivity index (χ1n) is 9.99. The van der Waals surface area contributed by atoms with Crippen LogP contribution in [0.5, 0.6) is 0 Å². The highest BCUT2D eigenvalue weighted by atomic mass is 35.5. The van der Waals surface area contributed by atoms with Gasteiger partial charge in [0.1, 0.15) is 6.04 Å². The molecule has 0 spiro atoms. The number of carbonyl (C=O) groups is 2. The van der Waals surface area contributed by atoms with Gasteiger partial charge in [0.2, 0.25) is 11.8 Å². The van der Waals surface area contributed by atoms with Crippen LogP contribution in [-0.4, -0.2) is 40.0 Å². The second-order valence-electron chi connectivity index (χ2n) is 6.85. The van der Waals surface area contributed by atoms with E-state index in [1.54, 1.807) is 23.1 Å². The number of nitro groups is 1. The molecule has 2 aromatic carbocycles. The summed E-state index contributed by atoms with van der Waals surface area (Å²) in [6.07, 6.45) is 0.481. The van der Waals surface area contributed by atoms with E-state index in [1.165, 1.54) is 23.9 Å². The molecule has 0 aliphatic rings. The number of thioether (sulfide) groups is 1. The van der Waals surface area contributed by atoms with Gasteiger partial charge < -0.3 is 10.2 Å². The van der Waals surface area contributed by atoms with Gasteiger partial charge in [-0.15, -0.1) is 11.8 Å². The summed E-state index contributed by atoms with van der Waals surface area (Å²) in [4.78, 5) is 37.6. The van der Waals surface area contributed by atoms with Gasteiger partial charge in [-0.2, -0.15) is 0 Å². The Morgan fingerprint density at radius 1 is 1.16 bits per heavy atom. The molecule has 7 nitrogen and oxygen atoms in total. The van der Waals surface area contributed by atoms with Gasteiger partial charge in [0.25, 0.3) is 5.69 Å². The van der Waals surface area contributed by atoms with Gasteiger partial charge in [-0.25, -0.2) is 0 Å². The summed E-state index contributed by atoms with van der Waals surface area (Å²) in [7, 11) is 0. The molecule has 0 unspecified atom stereocenters. The molecule has 1 atom stereocenters. The average Bonchev–Trinajstić information content (AvgIpc) is 2.75. The maximum atomic E-state index is 13.1. The number of rotatable bonds is 11. The van der Waals surface area contributed by atoms with Crippen LogP contribution in [0.2, 0.25) is 5.02 Å². The first-order chi connectivity index (χ1) is 14.9. The minimum Gasteiger partial charge on any atom is -0.355 e. The molecular weight excluding hydrogens is 438 g/mol. The first-order valence-corrected chi connectivity index (χ1v) is 11.5. The predicted octanol–water partition coefficient (Wildman–Crippen LogP) is 4.42. The maximum absolute atomic E-state index is 13.1. The average molecular weight is 464 g/mol. The predicted molar refractivity (Wildman–Crippen MR) is 124 cm³/mol. The van der Waals surface area contributed by atoms with E-state index < -0.39 is 11.0 Å². The van der Waals surface area contributed by atoms with Crippen molar-refractivity contribution >= 4 is 40.9 Å². The second kappa shape index (κ2) is 12.3. The Bertz CT molecular complexity index is 908. The third-order valence-corrected chi connectivity index (χ3v) is 6.03. The van der Waals surface area contributed by atoms with Gasteiger partial charge in [0.15, 0.2) is 0 Å². The van der Waals surface area contributed by atoms with Crippen molar-refractivity contribution in [3.8, 4) is 0 Å². The highest BCUT2D eigenvalue weighted by molar-refractivity contribution is 7.99. The summed E-state index contributed by atoms with van der Waals surface area (Å²) in [6.45, 7) is 4.44. The molecule has 0 aromatic heterocycles. The molecule has 166 valence electrons. The molecule has 0 aliphatic heterocycles. The van der Waals surface area contributed by atoms with Crippen LogP contribution in [0, 0.1) is 10.1 Å². The van der Waals surface area contributed by atoms with Crippen molar-refractivity contribution < 1.29 is 14.5 Å². The fraction of sp³-hybridized carbons (Fsp3) is 0.364. The van der Waals surface area contributed by atoms with Crippen molar-refractivity contribution in [2.45, 2.75) is 38.6 Å². The Kier molecular flexibility index (Phi) is 9.81. The van der Waals surface area contributed by atoms with E-state index in [4.69, 9.17) is 11.6 Å². The second-order valence-corrected chi connectivity index (χ2v) is 8.24. The number of halogens is 1. The van der Waals surface area contributed by atoms with E-state index >= 15 is 0 Å². The normalized spacial score (nSPS) is 11.6. The number of non-ortho nitro benzene ring substituents is 1. The van der Waals surface area contributed by atoms with Crippen LogP contribution in [0.15, 0.2) is 48.5 Å². The Morgan fingerprint density at radius 3 is 2.42 bits per heavy atom. The Labute approximate surface area is 191 Å². The molecule has 0 fully saturated rings. The van der Waals surface area contributed by atoms with Crippen molar-refractivity contribution in [1.29, 1.82) is 0 Å². The summed E-state index contributed by atoms with van der Waals surface area (Å²) in [5.41, 5.74) is 1.70. The molecule has 9 heteroatoms. The molecule has 0 bridgehead atoms. The van der Waals surface area contributed by atoms with E-state index in [0.717, 1.165) is 11.1 Å². The molecule has 0 radical (unpaired) electrons. The summed E-state index contributed by atoms with van der Waals surface area (Å²) in [5.74, 6) is 0.356. The summed E-state index contributed by atoms with van der Waals surface area (Å²) in [6, 6.07) is 12.9. The van der Waals surface area contributed by atoms with Gasteiger partial charge in [-0.1, -0.05) is 48.9 Å². The number of nitrogens with one attached hydrogen (secondary N) is 1. The Morgan fingerprint density at radius 2 is 1.84 bits per heavy atom. The fourth-order valence-corrected chi connectivity index (χ4v) is 4.14. The molecule has 0 saturated carbocycles. The standard InChI is InChI=1S/C22H26ClN3O4S/c1-3-20(22(28)24-4-2)25(13-17-7-5-6-8-19(17)23)21(27)15-31-14-16-9-11-18(12-10-16)26(29)30/h5-12,20H,3-4,13-15H2,1-2H3,(H,24,28)/t20-/m0/s1. The van der Waals surface area contributed by atoms with Gasteiger partial charge in [0, 0.05) is 36.0 Å². The van der Waals surface area contributed by atoms with Gasteiger partial charge in [-0.05, 0) is 30.5 Å². The van der Waals surface area contributed by atoms with Crippen LogP contribution in [0.1, 0.15) is 31.4 Å². The van der Waals surface area contributed by atoms with E-state index in [9.17, 15) is 19.7 Å². The first kappa shape index (κ1) is 24.7. The van der Waals surface area contributed by atoms with Crippen molar-refractivity contribution in [3.63, 3.8) is 0 Å². The van der Waals surface area contributed by atoms with Crippen molar-refractivity contribution in [3.05, 3.63) is 74.8 Å². The van der Waals surface area contributed by atoms with Crippen molar-refractivity contribution in [2.75, 3.05) is 12.3 Å². The van der Waals surface area contributed by atoms with Gasteiger partial charge in [0.05, 0.1) is 10.7 Å². The smallest absolute Gasteiger partial charge is 0.269 e. The lowest BCUT2D eigenvalue weighted by molar-refractivity contribution is -0.384. The maximum Gasteiger partial charge on any atom is 0.269 e. The zero-order valence-electron chi connectivity index (χ0n) is 17.5. The molecule has 0 aliphatic carbocycles. The minimum atomic E-state index is -0.594. The molecular formula is C22H26ClN3O4S. The quantitative estimate of drug-likeness (QED) is 0.393. The summed E-state index contributed by atoms with van der Waals surface area (Å²) >= 11 is 7.69. The van der Waals surface area contributed by atoms with E-state index in [-0.39, 0.29) is 29.8 Å². The lowest BCUT2D eigenvalue weighted by Gasteiger charge is -2.30. The minimum absolute atomic E-state index is 0.0310. The molecule has 1 N–H and O–H groups in total. The zero-order chi connectivity index (χ0) is 22.8. The number of carbonyl (C=O) groups excluding carboxylic acids is 2. The summed E-state index contributed by atoms with van der Waals surface area (Å²) in [5, 5.41) is 14.1. The van der Waals surface area contributed by atoms with Gasteiger partial charge in [-0.3, -0.25) is 19.7 Å². The number of likely N-dealkylation sites (N-methyl/N-ethyl adjacent to an activating group) is 1. The van der Waals surface area contributed by atoms with Crippen LogP contribution in [0.3, 0.4) is 0 Å². The Balaban J connectivity index is 2.10. The van der Waals surface area contributed by atoms with Crippen LogP contribution in [0.4, 0.5) is 5.69 Å². The number of nitrogens with zero attached hydrogens (tertiary/aromatic N) is 2. The highest BCUT2D eigenvalue weighted by Crippen LogP contribution is 2.22. The zero-order valence-corrected chi connectivity index (χ0v) is 19.1. The largest absolute Gasteiger partial charge is 0.355 e. The molecule has 2 aromatic rings. The molecule has 0 saturated heterocycles. The third-order valence-electron chi connectivity index (χ3n) is 4.68. The highest BCUT2D eigenvalue weighted by Gasteiger charge is 2.28. The van der Waals surface area contributed by atoms with Crippen molar-refractivity contribution in [2.24, 2.45) is 0 Å². The molecule has 2 amide bonds. The van der Waals surface area contributed by atoms with Gasteiger partial charge >= 0.3 is 0 Å². The number of hydrogen-bond acceptors (Lipinski definition) is 5. The molecule has 0 heterocycles. The third kappa shape index (κ3) is 7.25. The summed E-state index contributed by atoms with van der Waals surface area (Å²) < 4.78 is 0. The van der Waals surface area contributed by atoms with E-state index in [1.807, 2.05) is 32.0 Å². The lowest BCUT2D eigenvalue weighted by atomic mass is 10.1. The van der Waals surface area contributed by atoms with Crippen LogP contribution in [0.25, 0.3) is 0 Å². The fourth-order valence-electron chi connectivity index (χ4n) is 3.07. The van der Waals surface area contributed by atoms with Crippen LogP contribution in [-0.2, 0) is 21.9 Å². The number of hydrogen-bond donors (Lipinski definition) is 1. The topological polar surface area (TPSA) is 92.6 Å². The monoisotopic (exact) mass is 463 g/mol. The Hall–Kier alpha value is -2.58. The van der Waals surface area contributed by atoms with Crippen molar-refractivity contribution in [1.82, 2.24) is 10.2 Å². The lowest BCUT2D eigenvalue weighted by Crippen LogP contribution is -2.49. The number of benzene rings is 2. The number of amides is 2. The van der Waals surface area contributed by atoms with E-state index in [2.05, 4.69) is 5.32 Å². The van der Waals surface area contributed by atoms with Crippen LogP contribution < -0.4 is 5.32 Å². The van der Waals surface area contributed by atoms with E-state index in [0.29, 0.717) is 23.7 Å².